The van der Waals surface area contributed by atoms with Gasteiger partial charge >= 0.3 is 60.3 Å². The first-order valence-corrected chi connectivity index (χ1v) is 30.5. The number of nitrogens with one attached hydrogen (secondary N) is 3. The van der Waals surface area contributed by atoms with E-state index >= 15 is 0 Å². The van der Waals surface area contributed by atoms with Gasteiger partial charge in [-0.05, 0) is 91.3 Å². The molecular formula is C65H86N8O20. The molecule has 0 aliphatic carbocycles. The van der Waals surface area contributed by atoms with Crippen LogP contribution in [0.4, 0.5) is 28.8 Å². The molecule has 28 heteroatoms. The number of urea groups is 3. The molecule has 4 atom stereocenters. The summed E-state index contributed by atoms with van der Waals surface area (Å²) in [4.78, 5) is 167. The molecule has 0 radical (unpaired) electrons. The third-order valence-corrected chi connectivity index (χ3v) is 13.3. The van der Waals surface area contributed by atoms with E-state index in [1.165, 1.54) is 15.9 Å². The lowest BCUT2D eigenvalue weighted by atomic mass is 10.1. The van der Waals surface area contributed by atoms with E-state index in [1.54, 1.807) is 129 Å². The van der Waals surface area contributed by atoms with Crippen molar-refractivity contribution < 1.29 is 95.5 Å². The van der Waals surface area contributed by atoms with Gasteiger partial charge in [-0.1, -0.05) is 110 Å². The molecule has 11 amide bonds. The van der Waals surface area contributed by atoms with Gasteiger partial charge in [-0.2, -0.15) is 0 Å². The van der Waals surface area contributed by atoms with Gasteiger partial charge in [0.25, 0.3) is 5.91 Å². The molecule has 6 rings (SSSR count). The summed E-state index contributed by atoms with van der Waals surface area (Å²) in [6.45, 7) is 19.5. The predicted molar refractivity (Wildman–Crippen MR) is 333 cm³/mol. The summed E-state index contributed by atoms with van der Waals surface area (Å²) < 4.78 is 36.1. The average Bonchev–Trinajstić information content (AvgIpc) is 1.68. The van der Waals surface area contributed by atoms with Gasteiger partial charge in [0.2, 0.25) is 11.7 Å². The standard InChI is InChI=1S/C27H36N4O8.C22H30N2O7.C16H20N2O5/c1-4-11-20(23(33)25(35)28-15-5-2)29-24(34)21-17-30(16-10-14-22(32)38-6-3)26(36)31(21)27(37)39-18-19-12-8-7-9-13-19;1-5-29-18(25)12-9-13-23-14-17(19(26)31-22(2,3)4)24(20(23)27)21(28)30-15-16-10-7-6-8-11-16;1-16(2,3)23-13(19)12-9-17-14(20)18(12)15(21)22-10-11-7-5-4-6-8-11/h5,7-9,12-13,20-21H,2,4,6,10-11,14-18H2,1,3H3,(H,28,35)(H,29,34);6-8,10-11,17H,5,9,12-15H2,1-4H3;4-8,12H,9-10H2,1-3H3,(H,17,20)/t20?,21-;17-;12-/m000/s1. The molecule has 93 heavy (non-hydrogen) atoms. The Morgan fingerprint density at radius 2 is 0.968 bits per heavy atom. The number of ether oxygens (including phenoxy) is 7. The van der Waals surface area contributed by atoms with Crippen LogP contribution in [0.15, 0.2) is 104 Å². The number of rotatable bonds is 26. The van der Waals surface area contributed by atoms with Gasteiger partial charge < -0.3 is 58.9 Å². The molecule has 0 spiro atoms. The minimum atomic E-state index is -1.31. The molecule has 0 saturated carbocycles. The van der Waals surface area contributed by atoms with Crippen LogP contribution < -0.4 is 16.0 Å². The first kappa shape index (κ1) is 75.6. The van der Waals surface area contributed by atoms with Crippen LogP contribution in [-0.2, 0) is 86.5 Å². The summed E-state index contributed by atoms with van der Waals surface area (Å²) in [5.74, 6) is -4.63. The number of amides is 11. The van der Waals surface area contributed by atoms with Crippen molar-refractivity contribution in [3.8, 4) is 0 Å². The lowest BCUT2D eigenvalue weighted by Gasteiger charge is -2.25. The van der Waals surface area contributed by atoms with Crippen LogP contribution >= 0.6 is 0 Å². The molecule has 3 aliphatic rings. The Kier molecular flexibility index (Phi) is 30.4. The van der Waals surface area contributed by atoms with Crippen molar-refractivity contribution in [1.82, 2.24) is 40.4 Å². The molecule has 0 aromatic heterocycles. The second-order valence-electron chi connectivity index (χ2n) is 23.0. The maximum atomic E-state index is 13.3. The number of Topliss-reactive ketones (excluding diaryl/α,β-unsaturated/α-hetero) is 1. The van der Waals surface area contributed by atoms with Crippen LogP contribution in [0.2, 0.25) is 0 Å². The highest BCUT2D eigenvalue weighted by Crippen LogP contribution is 2.24. The van der Waals surface area contributed by atoms with E-state index in [4.69, 9.17) is 33.2 Å². The number of carbonyl (C=O) groups is 13. The van der Waals surface area contributed by atoms with Crippen LogP contribution in [0, 0.1) is 0 Å². The Bertz CT molecular complexity index is 3060. The first-order valence-electron chi connectivity index (χ1n) is 30.5. The predicted octanol–water partition coefficient (Wildman–Crippen LogP) is 7.10. The van der Waals surface area contributed by atoms with Crippen molar-refractivity contribution in [3.63, 3.8) is 0 Å². The van der Waals surface area contributed by atoms with Crippen LogP contribution in [-0.4, -0.2) is 190 Å². The van der Waals surface area contributed by atoms with E-state index in [2.05, 4.69) is 22.5 Å². The molecule has 1 unspecified atom stereocenters. The van der Waals surface area contributed by atoms with Gasteiger partial charge in [-0.3, -0.25) is 24.0 Å². The summed E-state index contributed by atoms with van der Waals surface area (Å²) >= 11 is 0. The number of ketones is 1. The summed E-state index contributed by atoms with van der Waals surface area (Å²) in [6.07, 6.45) is 0.0405. The molecule has 3 aromatic rings. The Balaban J connectivity index is 0.000000307. The SMILES string of the molecule is C=CCNC(=O)C(=O)C(CCC)NC(=O)[C@@H]1CN(CCCC(=O)OCC)C(=O)N1C(=O)OCc1ccccc1.CC(C)(C)OC(=O)[C@@H]1CNC(=O)N1C(=O)OCc1ccccc1.CCOC(=O)CCCN1C[C@@H](C(=O)OC(C)(C)C)N(C(=O)OCc2ccccc2)C1=O. The Morgan fingerprint density at radius 1 is 0.570 bits per heavy atom. The molecule has 3 N–H and O–H groups in total. The van der Waals surface area contributed by atoms with E-state index in [0.717, 1.165) is 20.9 Å². The zero-order valence-corrected chi connectivity index (χ0v) is 54.2. The van der Waals surface area contributed by atoms with Crippen molar-refractivity contribution >= 4 is 77.8 Å². The topological polar surface area (TPSA) is 339 Å². The normalized spacial score (nSPS) is 16.2. The Morgan fingerprint density at radius 3 is 1.37 bits per heavy atom. The second-order valence-corrected chi connectivity index (χ2v) is 23.0. The van der Waals surface area contributed by atoms with E-state index in [0.29, 0.717) is 23.3 Å². The van der Waals surface area contributed by atoms with Crippen LogP contribution in [0.1, 0.15) is 118 Å². The fourth-order valence-corrected chi connectivity index (χ4v) is 9.01. The molecule has 506 valence electrons. The molecule has 3 saturated heterocycles. The number of hydrogen-bond donors (Lipinski definition) is 3. The quantitative estimate of drug-likeness (QED) is 0.0312. The summed E-state index contributed by atoms with van der Waals surface area (Å²) in [6, 6.07) is 20.2. The van der Waals surface area contributed by atoms with E-state index in [-0.39, 0.29) is 104 Å². The molecule has 0 bridgehead atoms. The molecule has 3 fully saturated rings. The summed E-state index contributed by atoms with van der Waals surface area (Å²) in [7, 11) is 0. The zero-order valence-electron chi connectivity index (χ0n) is 54.2. The largest absolute Gasteiger partial charge is 0.466 e. The fraction of sp³-hybridized carbons (Fsp3) is 0.492. The zero-order chi connectivity index (χ0) is 68.8. The number of imide groups is 3. The van der Waals surface area contributed by atoms with Gasteiger partial charge in [-0.25, -0.2) is 53.1 Å². The van der Waals surface area contributed by atoms with Crippen LogP contribution in [0.25, 0.3) is 0 Å². The monoisotopic (exact) mass is 1300 g/mol. The maximum absolute atomic E-state index is 13.3. The van der Waals surface area contributed by atoms with E-state index in [9.17, 15) is 62.3 Å². The van der Waals surface area contributed by atoms with Crippen molar-refractivity contribution in [1.29, 1.82) is 0 Å². The van der Waals surface area contributed by atoms with Crippen molar-refractivity contribution in [2.75, 3.05) is 52.5 Å². The number of carbonyl (C=O) groups excluding carboxylic acids is 13. The van der Waals surface area contributed by atoms with E-state index < -0.39 is 107 Å². The van der Waals surface area contributed by atoms with Crippen LogP contribution in [0.3, 0.4) is 0 Å². The highest BCUT2D eigenvalue weighted by molar-refractivity contribution is 6.38. The highest BCUT2D eigenvalue weighted by Gasteiger charge is 2.49. The van der Waals surface area contributed by atoms with Crippen molar-refractivity contribution in [2.45, 2.75) is 156 Å². The first-order chi connectivity index (χ1) is 44.1. The smallest absolute Gasteiger partial charge is 0.419 e. The van der Waals surface area contributed by atoms with Gasteiger partial charge in [0.1, 0.15) is 37.1 Å². The maximum Gasteiger partial charge on any atom is 0.419 e. The highest BCUT2D eigenvalue weighted by atomic mass is 16.6. The van der Waals surface area contributed by atoms with Crippen molar-refractivity contribution in [3.05, 3.63) is 120 Å². The Hall–Kier alpha value is -9.89. The minimum Gasteiger partial charge on any atom is -0.466 e. The minimum absolute atomic E-state index is 0.00812. The molecular weight excluding hydrogens is 1210 g/mol. The van der Waals surface area contributed by atoms with Gasteiger partial charge in [0.15, 0.2) is 12.1 Å². The molecule has 3 heterocycles. The number of esters is 4. The summed E-state index contributed by atoms with van der Waals surface area (Å²) in [5, 5.41) is 7.37. The average molecular weight is 1300 g/mol. The molecule has 3 aromatic carbocycles. The van der Waals surface area contributed by atoms with Crippen molar-refractivity contribution in [2.24, 2.45) is 0 Å². The van der Waals surface area contributed by atoms with Gasteiger partial charge in [0.05, 0.1) is 38.9 Å². The molecule has 28 nitrogen and oxygen atoms in total. The van der Waals surface area contributed by atoms with Gasteiger partial charge in [0, 0.05) is 32.5 Å². The number of hydrogen-bond acceptors (Lipinski definition) is 20. The second kappa shape index (κ2) is 37.4. The molecule has 3 aliphatic heterocycles. The Labute approximate surface area is 540 Å². The lowest BCUT2D eigenvalue weighted by Crippen LogP contribution is -2.54. The van der Waals surface area contributed by atoms with E-state index in [1.807, 2.05) is 24.3 Å². The lowest BCUT2D eigenvalue weighted by molar-refractivity contribution is -0.159. The summed E-state index contributed by atoms with van der Waals surface area (Å²) in [5.41, 5.74) is 0.736. The van der Waals surface area contributed by atoms with Crippen LogP contribution in [0.5, 0.6) is 0 Å². The van der Waals surface area contributed by atoms with Gasteiger partial charge in [-0.15, -0.1) is 6.58 Å². The third kappa shape index (κ3) is 25.0. The number of nitrogens with zero attached hydrogens (tertiary/aromatic N) is 5. The number of benzene rings is 3. The fourth-order valence-electron chi connectivity index (χ4n) is 9.01. The third-order valence-electron chi connectivity index (χ3n) is 13.3.